The number of carbonyl (C=O) groups is 2. The molecule has 1 aliphatic rings. The summed E-state index contributed by atoms with van der Waals surface area (Å²) in [6.45, 7) is 0.284. The van der Waals surface area contributed by atoms with E-state index in [9.17, 15) is 9.59 Å². The van der Waals surface area contributed by atoms with E-state index in [-0.39, 0.29) is 12.5 Å². The third-order valence-corrected chi connectivity index (χ3v) is 3.07. The van der Waals surface area contributed by atoms with Gasteiger partial charge in [0.2, 0.25) is 5.91 Å². The zero-order chi connectivity index (χ0) is 13.8. The van der Waals surface area contributed by atoms with Crippen LogP contribution in [0.5, 0.6) is 0 Å². The van der Waals surface area contributed by atoms with E-state index in [1.807, 2.05) is 0 Å². The van der Waals surface area contributed by atoms with Crippen LogP contribution in [0.2, 0.25) is 0 Å². The minimum atomic E-state index is -0.983. The van der Waals surface area contributed by atoms with Crippen molar-refractivity contribution in [3.8, 4) is 0 Å². The standard InChI is InChI=1S/C13H17N3O3/c1-15-11(6-7-14-15)4-5-12(17)16(9-13(18)19)8-10-2-3-10/h4-7,10H,2-3,8-9H2,1H3,(H,18,19)/b5-4+. The predicted octanol–water partition coefficient (Wildman–Crippen LogP) is 0.756. The van der Waals surface area contributed by atoms with Crippen molar-refractivity contribution < 1.29 is 14.7 Å². The molecule has 1 amide bonds. The number of rotatable bonds is 6. The molecule has 102 valence electrons. The quantitative estimate of drug-likeness (QED) is 0.769. The van der Waals surface area contributed by atoms with E-state index in [0.29, 0.717) is 12.5 Å². The van der Waals surface area contributed by atoms with E-state index in [1.54, 1.807) is 30.1 Å². The van der Waals surface area contributed by atoms with Gasteiger partial charge < -0.3 is 10.0 Å². The van der Waals surface area contributed by atoms with Crippen molar-refractivity contribution in [2.75, 3.05) is 13.1 Å². The van der Waals surface area contributed by atoms with Gasteiger partial charge in [-0.3, -0.25) is 14.3 Å². The molecule has 0 saturated heterocycles. The molecule has 6 nitrogen and oxygen atoms in total. The van der Waals surface area contributed by atoms with Gasteiger partial charge in [-0.25, -0.2) is 0 Å². The van der Waals surface area contributed by atoms with Crippen LogP contribution in [0, 0.1) is 5.92 Å². The number of nitrogens with zero attached hydrogens (tertiary/aromatic N) is 3. The average molecular weight is 263 g/mol. The van der Waals surface area contributed by atoms with Gasteiger partial charge in [-0.05, 0) is 30.9 Å². The first kappa shape index (κ1) is 13.3. The summed E-state index contributed by atoms with van der Waals surface area (Å²) in [5.74, 6) is -0.785. The third kappa shape index (κ3) is 3.94. The number of aryl methyl sites for hydroxylation is 1. The van der Waals surface area contributed by atoms with Crippen LogP contribution in [0.15, 0.2) is 18.3 Å². The zero-order valence-corrected chi connectivity index (χ0v) is 10.8. The fourth-order valence-electron chi connectivity index (χ4n) is 1.82. The summed E-state index contributed by atoms with van der Waals surface area (Å²) in [6.07, 6.45) is 6.85. The van der Waals surface area contributed by atoms with Crippen LogP contribution in [0.4, 0.5) is 0 Å². The maximum absolute atomic E-state index is 12.0. The van der Waals surface area contributed by atoms with E-state index in [2.05, 4.69) is 5.10 Å². The highest BCUT2D eigenvalue weighted by molar-refractivity contribution is 5.93. The molecular formula is C13H17N3O3. The van der Waals surface area contributed by atoms with E-state index in [4.69, 9.17) is 5.11 Å². The van der Waals surface area contributed by atoms with Gasteiger partial charge in [-0.1, -0.05) is 0 Å². The molecule has 1 fully saturated rings. The Bertz CT molecular complexity index is 503. The minimum Gasteiger partial charge on any atom is -0.480 e. The zero-order valence-electron chi connectivity index (χ0n) is 10.8. The molecule has 1 aromatic rings. The van der Waals surface area contributed by atoms with Crippen molar-refractivity contribution in [1.29, 1.82) is 0 Å². The van der Waals surface area contributed by atoms with Gasteiger partial charge in [0.05, 0.1) is 5.69 Å². The second kappa shape index (κ2) is 5.69. The summed E-state index contributed by atoms with van der Waals surface area (Å²) in [5.41, 5.74) is 0.801. The normalized spacial score (nSPS) is 14.8. The highest BCUT2D eigenvalue weighted by atomic mass is 16.4. The van der Waals surface area contributed by atoms with Crippen molar-refractivity contribution in [3.05, 3.63) is 24.0 Å². The molecular weight excluding hydrogens is 246 g/mol. The van der Waals surface area contributed by atoms with E-state index >= 15 is 0 Å². The lowest BCUT2D eigenvalue weighted by Gasteiger charge is -2.18. The second-order valence-corrected chi connectivity index (χ2v) is 4.77. The van der Waals surface area contributed by atoms with Crippen LogP contribution in [0.25, 0.3) is 6.08 Å². The number of carboxylic acid groups (broad SMARTS) is 1. The smallest absolute Gasteiger partial charge is 0.323 e. The van der Waals surface area contributed by atoms with Gasteiger partial charge in [0.1, 0.15) is 6.54 Å². The fraction of sp³-hybridized carbons (Fsp3) is 0.462. The van der Waals surface area contributed by atoms with Crippen molar-refractivity contribution in [2.45, 2.75) is 12.8 Å². The lowest BCUT2D eigenvalue weighted by Crippen LogP contribution is -2.36. The van der Waals surface area contributed by atoms with Crippen LogP contribution >= 0.6 is 0 Å². The Hall–Kier alpha value is -2.11. The first-order valence-electron chi connectivity index (χ1n) is 6.23. The molecule has 1 N–H and O–H groups in total. The van der Waals surface area contributed by atoms with Crippen molar-refractivity contribution in [2.24, 2.45) is 13.0 Å². The highest BCUT2D eigenvalue weighted by Crippen LogP contribution is 2.29. The number of hydrogen-bond acceptors (Lipinski definition) is 3. The predicted molar refractivity (Wildman–Crippen MR) is 69.2 cm³/mol. The minimum absolute atomic E-state index is 0.245. The molecule has 0 bridgehead atoms. The van der Waals surface area contributed by atoms with Gasteiger partial charge in [-0.2, -0.15) is 5.10 Å². The Morgan fingerprint density at radius 3 is 2.84 bits per heavy atom. The molecule has 0 spiro atoms. The van der Waals surface area contributed by atoms with Crippen LogP contribution in [-0.4, -0.2) is 44.8 Å². The molecule has 0 unspecified atom stereocenters. The Labute approximate surface area is 111 Å². The third-order valence-electron chi connectivity index (χ3n) is 3.07. The molecule has 0 atom stereocenters. The average Bonchev–Trinajstić information content (AvgIpc) is 3.07. The van der Waals surface area contributed by atoms with Gasteiger partial charge >= 0.3 is 5.97 Å². The summed E-state index contributed by atoms with van der Waals surface area (Å²) in [6, 6.07) is 1.78. The fourth-order valence-corrected chi connectivity index (χ4v) is 1.82. The van der Waals surface area contributed by atoms with Crippen LogP contribution in [-0.2, 0) is 16.6 Å². The van der Waals surface area contributed by atoms with Gasteiger partial charge in [0, 0.05) is 25.9 Å². The number of amides is 1. The van der Waals surface area contributed by atoms with E-state index < -0.39 is 5.97 Å². The Morgan fingerprint density at radius 1 is 1.58 bits per heavy atom. The number of hydrogen-bond donors (Lipinski definition) is 1. The number of aromatic nitrogens is 2. The lowest BCUT2D eigenvalue weighted by atomic mass is 10.3. The van der Waals surface area contributed by atoms with Crippen molar-refractivity contribution in [3.63, 3.8) is 0 Å². The van der Waals surface area contributed by atoms with E-state index in [1.165, 1.54) is 11.0 Å². The summed E-state index contributed by atoms with van der Waals surface area (Å²) in [7, 11) is 1.78. The molecule has 1 heterocycles. The highest BCUT2D eigenvalue weighted by Gasteiger charge is 2.27. The van der Waals surface area contributed by atoms with Gasteiger partial charge in [-0.15, -0.1) is 0 Å². The summed E-state index contributed by atoms with van der Waals surface area (Å²) in [4.78, 5) is 24.1. The van der Waals surface area contributed by atoms with Gasteiger partial charge in [0.15, 0.2) is 0 Å². The maximum atomic E-state index is 12.0. The van der Waals surface area contributed by atoms with Crippen molar-refractivity contribution in [1.82, 2.24) is 14.7 Å². The molecule has 0 radical (unpaired) electrons. The molecule has 1 aliphatic carbocycles. The number of aliphatic carboxylic acids is 1. The molecule has 1 saturated carbocycles. The van der Waals surface area contributed by atoms with Gasteiger partial charge in [0.25, 0.3) is 0 Å². The van der Waals surface area contributed by atoms with Crippen LogP contribution < -0.4 is 0 Å². The first-order chi connectivity index (χ1) is 9.06. The molecule has 0 aliphatic heterocycles. The van der Waals surface area contributed by atoms with Crippen LogP contribution in [0.1, 0.15) is 18.5 Å². The van der Waals surface area contributed by atoms with Crippen molar-refractivity contribution >= 4 is 18.0 Å². The maximum Gasteiger partial charge on any atom is 0.323 e. The SMILES string of the molecule is Cn1nccc1/C=C/C(=O)N(CC(=O)O)CC1CC1. The molecule has 0 aromatic carbocycles. The Morgan fingerprint density at radius 2 is 2.32 bits per heavy atom. The molecule has 2 rings (SSSR count). The first-order valence-corrected chi connectivity index (χ1v) is 6.23. The topological polar surface area (TPSA) is 75.4 Å². The Kier molecular flexibility index (Phi) is 3.99. The van der Waals surface area contributed by atoms with Crippen LogP contribution in [0.3, 0.4) is 0 Å². The lowest BCUT2D eigenvalue weighted by molar-refractivity contribution is -0.142. The largest absolute Gasteiger partial charge is 0.480 e. The summed E-state index contributed by atoms with van der Waals surface area (Å²) < 4.78 is 1.65. The van der Waals surface area contributed by atoms with E-state index in [0.717, 1.165) is 18.5 Å². The number of carbonyl (C=O) groups excluding carboxylic acids is 1. The molecule has 6 heteroatoms. The monoisotopic (exact) mass is 263 g/mol. The summed E-state index contributed by atoms with van der Waals surface area (Å²) in [5, 5.41) is 12.8. The molecule has 19 heavy (non-hydrogen) atoms. The summed E-state index contributed by atoms with van der Waals surface area (Å²) >= 11 is 0. The number of carboxylic acids is 1. The Balaban J connectivity index is 1.99. The second-order valence-electron chi connectivity index (χ2n) is 4.77. The molecule has 1 aromatic heterocycles.